The Labute approximate surface area is 149 Å². The summed E-state index contributed by atoms with van der Waals surface area (Å²) in [4.78, 5) is 5.10. The normalized spacial score (nSPS) is 16.1. The number of nitrogens with zero attached hydrogens (tertiary/aromatic N) is 3. The van der Waals surface area contributed by atoms with Gasteiger partial charge in [0.05, 0.1) is 11.7 Å². The van der Waals surface area contributed by atoms with Crippen LogP contribution in [-0.4, -0.2) is 21.7 Å². The standard InChI is InChI=1S/C22H23N3/c1-4-10-18(11-5-1)21-16-17-25(24-21)22(19-12-6-2-7-13-19)23-20-14-8-3-9-15-20/h1-2,4-7,10-13,16-17,20H,3,8-9,14-15H2. The van der Waals surface area contributed by atoms with Crippen molar-refractivity contribution in [2.75, 3.05) is 0 Å². The van der Waals surface area contributed by atoms with Crippen molar-refractivity contribution in [3.63, 3.8) is 0 Å². The van der Waals surface area contributed by atoms with Gasteiger partial charge in [-0.2, -0.15) is 5.10 Å². The lowest BCUT2D eigenvalue weighted by molar-refractivity contribution is 0.442. The molecule has 126 valence electrons. The molecule has 4 rings (SSSR count). The van der Waals surface area contributed by atoms with Crippen molar-refractivity contribution in [3.05, 3.63) is 78.5 Å². The van der Waals surface area contributed by atoms with Gasteiger partial charge >= 0.3 is 0 Å². The summed E-state index contributed by atoms with van der Waals surface area (Å²) in [7, 11) is 0. The molecule has 1 aliphatic rings. The molecule has 0 saturated heterocycles. The van der Waals surface area contributed by atoms with Gasteiger partial charge in [0.15, 0.2) is 5.84 Å². The van der Waals surface area contributed by atoms with Crippen LogP contribution in [0.4, 0.5) is 0 Å². The summed E-state index contributed by atoms with van der Waals surface area (Å²) in [5, 5.41) is 4.81. The lowest BCUT2D eigenvalue weighted by Crippen LogP contribution is -2.20. The van der Waals surface area contributed by atoms with Crippen molar-refractivity contribution >= 4 is 5.84 Å². The number of hydrogen-bond donors (Lipinski definition) is 0. The lowest BCUT2D eigenvalue weighted by Gasteiger charge is -2.19. The Morgan fingerprint density at radius 3 is 2.24 bits per heavy atom. The fourth-order valence-corrected chi connectivity index (χ4v) is 3.44. The summed E-state index contributed by atoms with van der Waals surface area (Å²) in [5.41, 5.74) is 3.23. The number of aromatic nitrogens is 2. The molecule has 3 heteroatoms. The molecule has 1 saturated carbocycles. The van der Waals surface area contributed by atoms with Gasteiger partial charge in [0.2, 0.25) is 0 Å². The molecule has 0 amide bonds. The van der Waals surface area contributed by atoms with Gasteiger partial charge in [-0.15, -0.1) is 0 Å². The van der Waals surface area contributed by atoms with Crippen LogP contribution in [0.1, 0.15) is 37.7 Å². The van der Waals surface area contributed by atoms with E-state index in [0.29, 0.717) is 6.04 Å². The third-order valence-corrected chi connectivity index (χ3v) is 4.79. The van der Waals surface area contributed by atoms with Crippen molar-refractivity contribution in [2.24, 2.45) is 4.99 Å². The Morgan fingerprint density at radius 2 is 1.52 bits per heavy atom. The van der Waals surface area contributed by atoms with Crippen molar-refractivity contribution in [1.82, 2.24) is 9.78 Å². The molecule has 2 aromatic carbocycles. The average Bonchev–Trinajstić information content (AvgIpc) is 3.18. The van der Waals surface area contributed by atoms with E-state index < -0.39 is 0 Å². The monoisotopic (exact) mass is 329 g/mol. The maximum absolute atomic E-state index is 5.10. The highest BCUT2D eigenvalue weighted by atomic mass is 15.3. The predicted octanol–water partition coefficient (Wildman–Crippen LogP) is 5.18. The van der Waals surface area contributed by atoms with Gasteiger partial charge in [0.1, 0.15) is 0 Å². The molecule has 3 nitrogen and oxygen atoms in total. The summed E-state index contributed by atoms with van der Waals surface area (Å²) >= 11 is 0. The number of hydrogen-bond acceptors (Lipinski definition) is 2. The zero-order valence-corrected chi connectivity index (χ0v) is 14.4. The quantitative estimate of drug-likeness (QED) is 0.481. The molecule has 0 N–H and O–H groups in total. The molecule has 0 unspecified atom stereocenters. The third kappa shape index (κ3) is 3.71. The fraction of sp³-hybridized carbons (Fsp3) is 0.273. The first kappa shape index (κ1) is 15.8. The van der Waals surface area contributed by atoms with Gasteiger partial charge in [-0.05, 0) is 18.9 Å². The first-order valence-electron chi connectivity index (χ1n) is 9.15. The Balaban J connectivity index is 1.71. The van der Waals surface area contributed by atoms with E-state index in [2.05, 4.69) is 42.5 Å². The van der Waals surface area contributed by atoms with Gasteiger partial charge in [0, 0.05) is 17.3 Å². The van der Waals surface area contributed by atoms with E-state index in [1.807, 2.05) is 35.1 Å². The molecular weight excluding hydrogens is 306 g/mol. The van der Waals surface area contributed by atoms with Crippen LogP contribution in [0, 0.1) is 0 Å². The fourth-order valence-electron chi connectivity index (χ4n) is 3.44. The smallest absolute Gasteiger partial charge is 0.156 e. The van der Waals surface area contributed by atoms with E-state index in [4.69, 9.17) is 10.1 Å². The summed E-state index contributed by atoms with van der Waals surface area (Å²) in [6.45, 7) is 0. The van der Waals surface area contributed by atoms with Crippen LogP contribution >= 0.6 is 0 Å². The molecule has 0 spiro atoms. The third-order valence-electron chi connectivity index (χ3n) is 4.79. The van der Waals surface area contributed by atoms with Crippen LogP contribution in [0.15, 0.2) is 77.9 Å². The van der Waals surface area contributed by atoms with Crippen molar-refractivity contribution in [1.29, 1.82) is 0 Å². The zero-order valence-electron chi connectivity index (χ0n) is 14.4. The number of rotatable bonds is 3. The van der Waals surface area contributed by atoms with E-state index in [1.165, 1.54) is 32.1 Å². The summed E-state index contributed by atoms with van der Waals surface area (Å²) in [6.07, 6.45) is 8.30. The second-order valence-electron chi connectivity index (χ2n) is 6.62. The molecule has 1 aromatic heterocycles. The van der Waals surface area contributed by atoms with E-state index in [0.717, 1.165) is 22.7 Å². The second kappa shape index (κ2) is 7.47. The van der Waals surface area contributed by atoms with Crippen LogP contribution in [0.25, 0.3) is 11.3 Å². The highest BCUT2D eigenvalue weighted by Gasteiger charge is 2.16. The highest BCUT2D eigenvalue weighted by Crippen LogP contribution is 2.22. The van der Waals surface area contributed by atoms with E-state index in [1.54, 1.807) is 0 Å². The van der Waals surface area contributed by atoms with E-state index in [9.17, 15) is 0 Å². The highest BCUT2D eigenvalue weighted by molar-refractivity contribution is 6.00. The van der Waals surface area contributed by atoms with Crippen LogP contribution in [0.2, 0.25) is 0 Å². The SMILES string of the molecule is c1ccc(C(=NC2CCCCC2)n2ccc(-c3ccccc3)n2)cc1. The van der Waals surface area contributed by atoms with Crippen LogP contribution < -0.4 is 0 Å². The number of aliphatic imine (C=N–C) groups is 1. The molecule has 1 aliphatic carbocycles. The lowest BCUT2D eigenvalue weighted by atomic mass is 9.96. The molecule has 0 aliphatic heterocycles. The van der Waals surface area contributed by atoms with Gasteiger partial charge in [-0.1, -0.05) is 79.9 Å². The number of benzene rings is 2. The Morgan fingerprint density at radius 1 is 0.840 bits per heavy atom. The van der Waals surface area contributed by atoms with Crippen LogP contribution in [0.3, 0.4) is 0 Å². The summed E-state index contributed by atoms with van der Waals surface area (Å²) in [6, 6.07) is 23.2. The minimum Gasteiger partial charge on any atom is -0.263 e. The van der Waals surface area contributed by atoms with Crippen LogP contribution in [-0.2, 0) is 0 Å². The molecule has 3 aromatic rings. The van der Waals surface area contributed by atoms with Gasteiger partial charge in [-0.3, -0.25) is 4.99 Å². The van der Waals surface area contributed by atoms with Gasteiger partial charge < -0.3 is 0 Å². The minimum absolute atomic E-state index is 0.410. The minimum atomic E-state index is 0.410. The molecule has 0 bridgehead atoms. The Kier molecular flexibility index (Phi) is 4.73. The van der Waals surface area contributed by atoms with Crippen molar-refractivity contribution in [2.45, 2.75) is 38.1 Å². The average molecular weight is 329 g/mol. The molecule has 0 radical (unpaired) electrons. The Hall–Kier alpha value is -2.68. The van der Waals surface area contributed by atoms with Crippen molar-refractivity contribution in [3.8, 4) is 11.3 Å². The molecular formula is C22H23N3. The van der Waals surface area contributed by atoms with Gasteiger partial charge in [0.25, 0.3) is 0 Å². The largest absolute Gasteiger partial charge is 0.263 e. The van der Waals surface area contributed by atoms with E-state index in [-0.39, 0.29) is 0 Å². The first-order valence-corrected chi connectivity index (χ1v) is 9.15. The maximum Gasteiger partial charge on any atom is 0.156 e. The zero-order chi connectivity index (χ0) is 16.9. The first-order chi connectivity index (χ1) is 12.4. The molecule has 1 fully saturated rings. The molecule has 0 atom stereocenters. The summed E-state index contributed by atoms with van der Waals surface area (Å²) < 4.78 is 1.94. The Bertz CT molecular complexity index is 828. The predicted molar refractivity (Wildman–Crippen MR) is 103 cm³/mol. The summed E-state index contributed by atoms with van der Waals surface area (Å²) in [5.74, 6) is 0.953. The van der Waals surface area contributed by atoms with Crippen molar-refractivity contribution < 1.29 is 0 Å². The van der Waals surface area contributed by atoms with E-state index >= 15 is 0 Å². The molecule has 1 heterocycles. The molecule has 25 heavy (non-hydrogen) atoms. The maximum atomic E-state index is 5.10. The van der Waals surface area contributed by atoms with Gasteiger partial charge in [-0.25, -0.2) is 4.68 Å². The van der Waals surface area contributed by atoms with Crippen LogP contribution in [0.5, 0.6) is 0 Å². The second-order valence-corrected chi connectivity index (χ2v) is 6.62. The topological polar surface area (TPSA) is 30.2 Å².